The molecule has 1 aromatic rings. The second kappa shape index (κ2) is 5.52. The molecule has 0 aliphatic carbocycles. The Morgan fingerprint density at radius 3 is 3.00 bits per heavy atom. The molecule has 0 N–H and O–H groups in total. The molecule has 0 radical (unpaired) electrons. The SMILES string of the molecule is CC1CCCN(Cc2ccc(Br)cc2Cl)C1. The highest BCUT2D eigenvalue weighted by Gasteiger charge is 2.17. The highest BCUT2D eigenvalue weighted by Crippen LogP contribution is 2.24. The minimum atomic E-state index is 0.822. The van der Waals surface area contributed by atoms with Gasteiger partial charge in [0.15, 0.2) is 0 Å². The van der Waals surface area contributed by atoms with Crippen molar-refractivity contribution in [2.24, 2.45) is 5.92 Å². The molecule has 1 saturated heterocycles. The zero-order valence-electron chi connectivity index (χ0n) is 9.55. The minimum Gasteiger partial charge on any atom is -0.299 e. The van der Waals surface area contributed by atoms with Gasteiger partial charge in [0.05, 0.1) is 0 Å². The van der Waals surface area contributed by atoms with E-state index in [1.807, 2.05) is 6.07 Å². The minimum absolute atomic E-state index is 0.822. The maximum absolute atomic E-state index is 6.23. The van der Waals surface area contributed by atoms with E-state index in [0.717, 1.165) is 22.0 Å². The lowest BCUT2D eigenvalue weighted by Crippen LogP contribution is -2.33. The number of likely N-dealkylation sites (tertiary alicyclic amines) is 1. The van der Waals surface area contributed by atoms with E-state index in [2.05, 4.69) is 39.9 Å². The number of rotatable bonds is 2. The first-order valence-electron chi connectivity index (χ1n) is 5.81. The quantitative estimate of drug-likeness (QED) is 0.786. The Morgan fingerprint density at radius 2 is 2.31 bits per heavy atom. The molecule has 1 aliphatic rings. The standard InChI is InChI=1S/C13H17BrClN/c1-10-3-2-6-16(8-10)9-11-4-5-12(14)7-13(11)15/h4-5,7,10H,2-3,6,8-9H2,1H3. The first kappa shape index (κ1) is 12.4. The summed E-state index contributed by atoms with van der Waals surface area (Å²) in [5.41, 5.74) is 1.24. The van der Waals surface area contributed by atoms with E-state index in [9.17, 15) is 0 Å². The first-order chi connectivity index (χ1) is 7.65. The first-order valence-corrected chi connectivity index (χ1v) is 6.98. The molecule has 1 atom stereocenters. The Hall–Kier alpha value is -0.0500. The fourth-order valence-electron chi connectivity index (χ4n) is 2.32. The van der Waals surface area contributed by atoms with Crippen LogP contribution >= 0.6 is 27.5 Å². The zero-order valence-corrected chi connectivity index (χ0v) is 11.9. The number of hydrogen-bond donors (Lipinski definition) is 0. The van der Waals surface area contributed by atoms with Crippen molar-refractivity contribution in [2.45, 2.75) is 26.3 Å². The third kappa shape index (κ3) is 3.22. The second-order valence-corrected chi connectivity index (χ2v) is 6.04. The van der Waals surface area contributed by atoms with Crippen molar-refractivity contribution in [2.75, 3.05) is 13.1 Å². The van der Waals surface area contributed by atoms with Crippen LogP contribution in [0.3, 0.4) is 0 Å². The lowest BCUT2D eigenvalue weighted by molar-refractivity contribution is 0.176. The smallest absolute Gasteiger partial charge is 0.0462 e. The van der Waals surface area contributed by atoms with Crippen LogP contribution in [0.15, 0.2) is 22.7 Å². The summed E-state index contributed by atoms with van der Waals surface area (Å²) in [6, 6.07) is 6.16. The molecule has 3 heteroatoms. The van der Waals surface area contributed by atoms with E-state index < -0.39 is 0 Å². The van der Waals surface area contributed by atoms with E-state index >= 15 is 0 Å². The van der Waals surface area contributed by atoms with Gasteiger partial charge in [-0.1, -0.05) is 40.5 Å². The lowest BCUT2D eigenvalue weighted by atomic mass is 10.00. The predicted octanol–water partition coefficient (Wildman–Crippen LogP) is 4.33. The number of benzene rings is 1. The number of halogens is 2. The molecule has 1 nitrogen and oxygen atoms in total. The van der Waals surface area contributed by atoms with E-state index in [-0.39, 0.29) is 0 Å². The van der Waals surface area contributed by atoms with Gasteiger partial charge in [0.2, 0.25) is 0 Å². The molecule has 0 bridgehead atoms. The Morgan fingerprint density at radius 1 is 1.50 bits per heavy atom. The van der Waals surface area contributed by atoms with Gasteiger partial charge in [0.1, 0.15) is 0 Å². The number of hydrogen-bond acceptors (Lipinski definition) is 1. The Bertz CT molecular complexity index is 367. The third-order valence-electron chi connectivity index (χ3n) is 3.15. The third-order valence-corrected chi connectivity index (χ3v) is 4.00. The molecule has 0 saturated carbocycles. The second-order valence-electron chi connectivity index (χ2n) is 4.72. The molecule has 1 unspecified atom stereocenters. The van der Waals surface area contributed by atoms with Crippen LogP contribution in [0.5, 0.6) is 0 Å². The van der Waals surface area contributed by atoms with E-state index in [0.29, 0.717) is 0 Å². The Labute approximate surface area is 111 Å². The molecule has 1 aliphatic heterocycles. The molecule has 1 heterocycles. The Kier molecular flexibility index (Phi) is 4.28. The molecule has 0 aromatic heterocycles. The highest BCUT2D eigenvalue weighted by atomic mass is 79.9. The molecule has 2 rings (SSSR count). The molecule has 16 heavy (non-hydrogen) atoms. The van der Waals surface area contributed by atoms with Crippen molar-refractivity contribution >= 4 is 27.5 Å². The van der Waals surface area contributed by atoms with Crippen molar-refractivity contribution in [1.82, 2.24) is 4.90 Å². The fraction of sp³-hybridized carbons (Fsp3) is 0.538. The largest absolute Gasteiger partial charge is 0.299 e. The van der Waals surface area contributed by atoms with Gasteiger partial charge in [-0.2, -0.15) is 0 Å². The van der Waals surface area contributed by atoms with Crippen LogP contribution in [-0.4, -0.2) is 18.0 Å². The molecule has 88 valence electrons. The van der Waals surface area contributed by atoms with Gasteiger partial charge in [-0.15, -0.1) is 0 Å². The van der Waals surface area contributed by atoms with Gasteiger partial charge in [-0.05, 0) is 43.0 Å². The predicted molar refractivity (Wildman–Crippen MR) is 72.8 cm³/mol. The summed E-state index contributed by atoms with van der Waals surface area (Å²) in [5, 5.41) is 0.868. The normalized spacial score (nSPS) is 22.3. The molecular formula is C13H17BrClN. The fourth-order valence-corrected chi connectivity index (χ4v) is 3.05. The van der Waals surface area contributed by atoms with Crippen molar-refractivity contribution in [3.05, 3.63) is 33.3 Å². The number of piperidine rings is 1. The van der Waals surface area contributed by atoms with Crippen LogP contribution < -0.4 is 0 Å². The summed E-state index contributed by atoms with van der Waals surface area (Å²) < 4.78 is 1.05. The average molecular weight is 303 g/mol. The zero-order chi connectivity index (χ0) is 11.5. The van der Waals surface area contributed by atoms with Crippen molar-refractivity contribution < 1.29 is 0 Å². The summed E-state index contributed by atoms with van der Waals surface area (Å²) >= 11 is 9.66. The summed E-state index contributed by atoms with van der Waals surface area (Å²) in [5.74, 6) is 0.822. The van der Waals surface area contributed by atoms with Crippen LogP contribution in [0, 0.1) is 5.92 Å². The number of nitrogens with zero attached hydrogens (tertiary/aromatic N) is 1. The molecule has 1 fully saturated rings. The molecule has 0 spiro atoms. The van der Waals surface area contributed by atoms with Gasteiger partial charge < -0.3 is 0 Å². The van der Waals surface area contributed by atoms with Crippen LogP contribution in [0.25, 0.3) is 0 Å². The van der Waals surface area contributed by atoms with Crippen molar-refractivity contribution in [3.8, 4) is 0 Å². The summed E-state index contributed by atoms with van der Waals surface area (Å²) in [6.45, 7) is 5.72. The van der Waals surface area contributed by atoms with Crippen LogP contribution in [-0.2, 0) is 6.54 Å². The lowest BCUT2D eigenvalue weighted by Gasteiger charge is -2.31. The van der Waals surface area contributed by atoms with Crippen molar-refractivity contribution in [1.29, 1.82) is 0 Å². The molecule has 0 amide bonds. The maximum Gasteiger partial charge on any atom is 0.0462 e. The van der Waals surface area contributed by atoms with Gasteiger partial charge in [0, 0.05) is 22.6 Å². The van der Waals surface area contributed by atoms with E-state index in [4.69, 9.17) is 11.6 Å². The van der Waals surface area contributed by atoms with Gasteiger partial charge in [-0.25, -0.2) is 0 Å². The summed E-state index contributed by atoms with van der Waals surface area (Å²) in [7, 11) is 0. The van der Waals surface area contributed by atoms with Crippen LogP contribution in [0.4, 0.5) is 0 Å². The Balaban J connectivity index is 2.02. The molecular weight excluding hydrogens is 286 g/mol. The maximum atomic E-state index is 6.23. The van der Waals surface area contributed by atoms with E-state index in [1.165, 1.54) is 31.5 Å². The van der Waals surface area contributed by atoms with Crippen LogP contribution in [0.2, 0.25) is 5.02 Å². The topological polar surface area (TPSA) is 3.24 Å². The van der Waals surface area contributed by atoms with Crippen LogP contribution in [0.1, 0.15) is 25.3 Å². The van der Waals surface area contributed by atoms with E-state index in [1.54, 1.807) is 0 Å². The van der Waals surface area contributed by atoms with Gasteiger partial charge >= 0.3 is 0 Å². The van der Waals surface area contributed by atoms with Gasteiger partial charge in [0.25, 0.3) is 0 Å². The monoisotopic (exact) mass is 301 g/mol. The van der Waals surface area contributed by atoms with Crippen molar-refractivity contribution in [3.63, 3.8) is 0 Å². The average Bonchev–Trinajstić information content (AvgIpc) is 2.22. The van der Waals surface area contributed by atoms with Gasteiger partial charge in [-0.3, -0.25) is 4.90 Å². The summed E-state index contributed by atoms with van der Waals surface area (Å²) in [4.78, 5) is 2.50. The highest BCUT2D eigenvalue weighted by molar-refractivity contribution is 9.10. The summed E-state index contributed by atoms with van der Waals surface area (Å²) in [6.07, 6.45) is 2.68. The molecule has 1 aromatic carbocycles.